The van der Waals surface area contributed by atoms with E-state index in [2.05, 4.69) is 31.4 Å². The van der Waals surface area contributed by atoms with Crippen molar-refractivity contribution in [2.45, 2.75) is 38.2 Å². The monoisotopic (exact) mass is 678 g/mol. The summed E-state index contributed by atoms with van der Waals surface area (Å²) < 4.78 is 20.2. The molecule has 0 saturated carbocycles. The lowest BCUT2D eigenvalue weighted by molar-refractivity contribution is 0.0948. The molecule has 0 fully saturated rings. The smallest absolute Gasteiger partial charge is 0.251 e. The molecule has 0 unspecified atom stereocenters. The van der Waals surface area contributed by atoms with Gasteiger partial charge in [-0.1, -0.05) is 63.0 Å². The molecular weight excluding hydrogens is 651 g/mol. The van der Waals surface area contributed by atoms with Gasteiger partial charge < -0.3 is 19.5 Å². The van der Waals surface area contributed by atoms with E-state index in [4.69, 9.17) is 37.4 Å². The van der Waals surface area contributed by atoms with Crippen LogP contribution >= 0.6 is 50.9 Å². The average molecular weight is 680 g/mol. The third-order valence-corrected chi connectivity index (χ3v) is 7.99. The Morgan fingerprint density at radius 2 is 1.56 bits per heavy atom. The second-order valence-electron chi connectivity index (χ2n) is 8.53. The SMILES string of the molecule is CCOc1cc(C(=O)NCc2nnc(SCc3ccc(Br)cc3)n2-c2ccc(Cl)c(Cl)c2)cc(OCC)c1OCC. The molecule has 0 radical (unpaired) electrons. The Bertz CT molecular complexity index is 1470. The third kappa shape index (κ3) is 7.88. The van der Waals surface area contributed by atoms with Crippen LogP contribution in [0.1, 0.15) is 42.5 Å². The predicted molar refractivity (Wildman–Crippen MR) is 166 cm³/mol. The number of halogens is 3. The van der Waals surface area contributed by atoms with Crippen LogP contribution in [0.25, 0.3) is 5.69 Å². The Morgan fingerprint density at radius 1 is 0.902 bits per heavy atom. The lowest BCUT2D eigenvalue weighted by Crippen LogP contribution is -2.25. The zero-order valence-corrected chi connectivity index (χ0v) is 26.7. The molecule has 0 atom stereocenters. The molecule has 0 bridgehead atoms. The van der Waals surface area contributed by atoms with E-state index >= 15 is 0 Å². The third-order valence-electron chi connectivity index (χ3n) is 5.72. The number of rotatable bonds is 13. The van der Waals surface area contributed by atoms with Crippen LogP contribution in [0.4, 0.5) is 0 Å². The van der Waals surface area contributed by atoms with Crippen molar-refractivity contribution < 1.29 is 19.0 Å². The first kappa shape index (κ1) is 31.0. The van der Waals surface area contributed by atoms with Crippen LogP contribution in [-0.2, 0) is 12.3 Å². The van der Waals surface area contributed by atoms with Crippen LogP contribution in [0.15, 0.2) is 64.2 Å². The van der Waals surface area contributed by atoms with Crippen LogP contribution in [-0.4, -0.2) is 40.5 Å². The van der Waals surface area contributed by atoms with Crippen molar-refractivity contribution in [2.75, 3.05) is 19.8 Å². The summed E-state index contributed by atoms with van der Waals surface area (Å²) in [5.74, 6) is 2.22. The maximum Gasteiger partial charge on any atom is 0.251 e. The molecule has 216 valence electrons. The van der Waals surface area contributed by atoms with Crippen molar-refractivity contribution in [2.24, 2.45) is 0 Å². The van der Waals surface area contributed by atoms with E-state index in [9.17, 15) is 4.79 Å². The van der Waals surface area contributed by atoms with Crippen LogP contribution in [0.3, 0.4) is 0 Å². The quantitative estimate of drug-likeness (QED) is 0.145. The van der Waals surface area contributed by atoms with Gasteiger partial charge in [-0.25, -0.2) is 0 Å². The Kier molecular flexibility index (Phi) is 11.2. The lowest BCUT2D eigenvalue weighted by atomic mass is 10.1. The zero-order chi connectivity index (χ0) is 29.4. The van der Waals surface area contributed by atoms with E-state index in [0.717, 1.165) is 15.7 Å². The minimum absolute atomic E-state index is 0.103. The summed E-state index contributed by atoms with van der Waals surface area (Å²) in [6, 6.07) is 16.7. The summed E-state index contributed by atoms with van der Waals surface area (Å²) in [7, 11) is 0. The molecule has 1 heterocycles. The highest BCUT2D eigenvalue weighted by molar-refractivity contribution is 9.10. The number of thioether (sulfide) groups is 1. The van der Waals surface area contributed by atoms with E-state index in [1.807, 2.05) is 55.7 Å². The zero-order valence-electron chi connectivity index (χ0n) is 22.7. The molecule has 41 heavy (non-hydrogen) atoms. The van der Waals surface area contributed by atoms with Gasteiger partial charge in [-0.2, -0.15) is 0 Å². The van der Waals surface area contributed by atoms with Gasteiger partial charge in [0.05, 0.1) is 42.1 Å². The van der Waals surface area contributed by atoms with E-state index in [1.165, 1.54) is 11.8 Å². The summed E-state index contributed by atoms with van der Waals surface area (Å²) in [5, 5.41) is 13.2. The highest BCUT2D eigenvalue weighted by Gasteiger charge is 2.20. The van der Waals surface area contributed by atoms with Crippen LogP contribution in [0.5, 0.6) is 17.2 Å². The van der Waals surface area contributed by atoms with Gasteiger partial charge in [-0.15, -0.1) is 10.2 Å². The predicted octanol–water partition coefficient (Wildman–Crippen LogP) is 7.76. The summed E-state index contributed by atoms with van der Waals surface area (Å²) in [5.41, 5.74) is 2.22. The molecule has 0 aliphatic heterocycles. The van der Waals surface area contributed by atoms with Crippen molar-refractivity contribution in [3.8, 4) is 22.9 Å². The number of hydrogen-bond donors (Lipinski definition) is 1. The van der Waals surface area contributed by atoms with Crippen LogP contribution in [0.2, 0.25) is 10.0 Å². The molecule has 0 aliphatic carbocycles. The minimum atomic E-state index is -0.331. The van der Waals surface area contributed by atoms with Crippen molar-refractivity contribution >= 4 is 56.8 Å². The molecule has 0 aliphatic rings. The summed E-state index contributed by atoms with van der Waals surface area (Å²) in [4.78, 5) is 13.3. The summed E-state index contributed by atoms with van der Waals surface area (Å²) in [6.45, 7) is 6.95. The number of nitrogens with zero attached hydrogens (tertiary/aromatic N) is 3. The van der Waals surface area contributed by atoms with Gasteiger partial charge in [-0.3, -0.25) is 9.36 Å². The number of nitrogens with one attached hydrogen (secondary N) is 1. The van der Waals surface area contributed by atoms with E-state index in [0.29, 0.717) is 69.4 Å². The van der Waals surface area contributed by atoms with E-state index in [1.54, 1.807) is 24.3 Å². The van der Waals surface area contributed by atoms with Crippen molar-refractivity contribution in [3.05, 3.63) is 86.1 Å². The fourth-order valence-corrected chi connectivity index (χ4v) is 5.38. The maximum atomic E-state index is 13.3. The minimum Gasteiger partial charge on any atom is -0.490 e. The highest BCUT2D eigenvalue weighted by atomic mass is 79.9. The molecule has 4 aromatic rings. The standard InChI is InChI=1S/C29H29BrCl2N4O4S/c1-4-38-24-13-19(14-25(39-5-2)27(24)40-6-3)28(37)33-16-26-34-35-29(41-17-18-7-9-20(30)10-8-18)36(26)21-11-12-22(31)23(32)15-21/h7-15H,4-6,16-17H2,1-3H3,(H,33,37). The van der Waals surface area contributed by atoms with Crippen molar-refractivity contribution in [1.82, 2.24) is 20.1 Å². The largest absolute Gasteiger partial charge is 0.490 e. The fraction of sp³-hybridized carbons (Fsp3) is 0.276. The number of carbonyl (C=O) groups is 1. The van der Waals surface area contributed by atoms with Crippen LogP contribution < -0.4 is 19.5 Å². The van der Waals surface area contributed by atoms with E-state index < -0.39 is 0 Å². The fourth-order valence-electron chi connectivity index (χ4n) is 3.90. The summed E-state index contributed by atoms with van der Waals surface area (Å²) in [6.07, 6.45) is 0. The molecule has 1 aromatic heterocycles. The first-order valence-electron chi connectivity index (χ1n) is 13.0. The van der Waals surface area contributed by atoms with Crippen molar-refractivity contribution in [1.29, 1.82) is 0 Å². The average Bonchev–Trinajstić information content (AvgIpc) is 3.37. The maximum absolute atomic E-state index is 13.3. The Morgan fingerprint density at radius 3 is 2.17 bits per heavy atom. The Hall–Kier alpha value is -2.92. The van der Waals surface area contributed by atoms with Gasteiger partial charge in [-0.05, 0) is 68.8 Å². The van der Waals surface area contributed by atoms with E-state index in [-0.39, 0.29) is 12.5 Å². The van der Waals surface area contributed by atoms with Crippen LogP contribution in [0, 0.1) is 0 Å². The summed E-state index contributed by atoms with van der Waals surface area (Å²) >= 11 is 17.5. The molecule has 8 nitrogen and oxygen atoms in total. The molecule has 4 rings (SSSR count). The first-order chi connectivity index (χ1) is 19.8. The number of carbonyl (C=O) groups excluding carboxylic acids is 1. The molecule has 0 spiro atoms. The number of amides is 1. The Balaban J connectivity index is 1.61. The molecule has 12 heteroatoms. The molecule has 3 aromatic carbocycles. The number of hydrogen-bond acceptors (Lipinski definition) is 7. The van der Waals surface area contributed by atoms with Gasteiger partial charge in [0.15, 0.2) is 22.5 Å². The Labute approximate surface area is 261 Å². The number of benzene rings is 3. The number of aromatic nitrogens is 3. The van der Waals surface area contributed by atoms with Gasteiger partial charge in [0, 0.05) is 15.8 Å². The second kappa shape index (κ2) is 14.8. The first-order valence-corrected chi connectivity index (χ1v) is 15.5. The highest BCUT2D eigenvalue weighted by Crippen LogP contribution is 2.39. The molecule has 1 amide bonds. The number of ether oxygens (including phenoxy) is 3. The second-order valence-corrected chi connectivity index (χ2v) is 11.2. The molecule has 0 saturated heterocycles. The normalized spacial score (nSPS) is 10.9. The lowest BCUT2D eigenvalue weighted by Gasteiger charge is -2.17. The van der Waals surface area contributed by atoms with Gasteiger partial charge in [0.1, 0.15) is 0 Å². The molecular formula is C29H29BrCl2N4O4S. The van der Waals surface area contributed by atoms with Gasteiger partial charge in [0.2, 0.25) is 5.75 Å². The van der Waals surface area contributed by atoms with Crippen molar-refractivity contribution in [3.63, 3.8) is 0 Å². The van der Waals surface area contributed by atoms with Gasteiger partial charge in [0.25, 0.3) is 5.91 Å². The van der Waals surface area contributed by atoms with Gasteiger partial charge >= 0.3 is 0 Å². The molecule has 1 N–H and O–H groups in total. The topological polar surface area (TPSA) is 87.5 Å².